The number of nitrogens with zero attached hydrogens (tertiary/aromatic N) is 4. The third-order valence-corrected chi connectivity index (χ3v) is 6.78. The van der Waals surface area contributed by atoms with E-state index in [2.05, 4.69) is 45.9 Å². The Morgan fingerprint density at radius 2 is 2.13 bits per heavy atom. The number of carbonyl (C=O) groups excluding carboxylic acids is 1. The van der Waals surface area contributed by atoms with Crippen LogP contribution in [-0.2, 0) is 6.54 Å². The number of aromatic nitrogens is 2. The van der Waals surface area contributed by atoms with E-state index in [1.54, 1.807) is 0 Å². The highest BCUT2D eigenvalue weighted by molar-refractivity contribution is 7.14. The number of carbonyl (C=O) groups is 1. The summed E-state index contributed by atoms with van der Waals surface area (Å²) in [5, 5.41) is 14.7. The zero-order chi connectivity index (χ0) is 20.5. The summed E-state index contributed by atoms with van der Waals surface area (Å²) in [4.78, 5) is 20.0. The van der Waals surface area contributed by atoms with E-state index < -0.39 is 0 Å². The number of hydrogen-bond donors (Lipinski definition) is 1. The van der Waals surface area contributed by atoms with Gasteiger partial charge in [-0.2, -0.15) is 5.26 Å². The fourth-order valence-corrected chi connectivity index (χ4v) is 5.05. The molecule has 3 heterocycles. The van der Waals surface area contributed by atoms with E-state index in [0.29, 0.717) is 23.3 Å². The average Bonchev–Trinajstić information content (AvgIpc) is 3.18. The predicted molar refractivity (Wildman–Crippen MR) is 117 cm³/mol. The van der Waals surface area contributed by atoms with Crippen LogP contribution in [0.5, 0.6) is 0 Å². The van der Waals surface area contributed by atoms with Gasteiger partial charge in [-0.25, -0.2) is 4.98 Å². The molecule has 0 spiro atoms. The van der Waals surface area contributed by atoms with Crippen LogP contribution < -0.4 is 10.2 Å². The van der Waals surface area contributed by atoms with Crippen LogP contribution in [0.3, 0.4) is 0 Å². The molecule has 1 saturated heterocycles. The zero-order valence-electron chi connectivity index (χ0n) is 16.6. The Hall–Kier alpha value is -3.11. The normalized spacial score (nSPS) is 22.6. The molecule has 152 valence electrons. The summed E-state index contributed by atoms with van der Waals surface area (Å²) in [7, 11) is 0. The van der Waals surface area contributed by atoms with Crippen molar-refractivity contribution >= 4 is 28.1 Å². The van der Waals surface area contributed by atoms with Gasteiger partial charge in [0.05, 0.1) is 23.7 Å². The maximum atomic E-state index is 12.8. The van der Waals surface area contributed by atoms with Gasteiger partial charge in [-0.3, -0.25) is 10.1 Å². The van der Waals surface area contributed by atoms with Crippen molar-refractivity contribution in [2.45, 2.75) is 31.8 Å². The monoisotopic (exact) mass is 417 g/mol. The number of nitriles is 1. The van der Waals surface area contributed by atoms with Gasteiger partial charge in [-0.15, -0.1) is 11.3 Å². The van der Waals surface area contributed by atoms with Crippen LogP contribution in [0, 0.1) is 23.2 Å². The second-order valence-corrected chi connectivity index (χ2v) is 8.85. The van der Waals surface area contributed by atoms with E-state index in [4.69, 9.17) is 10.2 Å². The summed E-state index contributed by atoms with van der Waals surface area (Å²) in [5.74, 6) is 0.331. The van der Waals surface area contributed by atoms with Gasteiger partial charge in [0.2, 0.25) is 0 Å². The summed E-state index contributed by atoms with van der Waals surface area (Å²) < 4.78 is 1.94. The molecule has 0 bridgehead atoms. The van der Waals surface area contributed by atoms with Crippen molar-refractivity contribution in [2.75, 3.05) is 16.8 Å². The van der Waals surface area contributed by atoms with Crippen molar-refractivity contribution in [2.24, 2.45) is 11.8 Å². The standard InChI is InChI=1S/C23H23N5OS/c24-13-16-12-17(16)14-27-10-4-9-21(27)22(29)26-23-25-19(15-30-23)20-8-5-11-28(20)18-6-2-1-3-7-18/h1-4,6-7,9-10,15-17,20H,5,8,11-12,14H2,(H,25,26,29)/t16?,17?,20-/m1/s1. The minimum atomic E-state index is -0.151. The molecule has 3 aromatic rings. The number of hydrogen-bond acceptors (Lipinski definition) is 5. The lowest BCUT2D eigenvalue weighted by Crippen LogP contribution is -2.22. The fraction of sp³-hybridized carbons (Fsp3) is 0.348. The number of nitrogens with one attached hydrogen (secondary N) is 1. The maximum absolute atomic E-state index is 12.8. The minimum absolute atomic E-state index is 0.129. The molecule has 2 aromatic heterocycles. The Morgan fingerprint density at radius 3 is 2.93 bits per heavy atom. The molecule has 1 N–H and O–H groups in total. The first kappa shape index (κ1) is 18.9. The fourth-order valence-electron chi connectivity index (χ4n) is 4.30. The van der Waals surface area contributed by atoms with Gasteiger partial charge in [-0.05, 0) is 49.4 Å². The van der Waals surface area contributed by atoms with E-state index in [1.807, 2.05) is 29.0 Å². The number of amides is 1. The van der Waals surface area contributed by atoms with E-state index in [1.165, 1.54) is 17.0 Å². The van der Waals surface area contributed by atoms with Crippen molar-refractivity contribution in [3.8, 4) is 6.07 Å². The van der Waals surface area contributed by atoms with Crippen molar-refractivity contribution in [3.05, 3.63) is 65.4 Å². The third kappa shape index (κ3) is 3.71. The highest BCUT2D eigenvalue weighted by atomic mass is 32.1. The topological polar surface area (TPSA) is 74.0 Å². The largest absolute Gasteiger partial charge is 0.363 e. The molecule has 1 aliphatic heterocycles. The Kier molecular flexibility index (Phi) is 5.01. The Bertz CT molecular complexity index is 1080. The summed E-state index contributed by atoms with van der Waals surface area (Å²) >= 11 is 1.47. The Labute approximate surface area is 179 Å². The van der Waals surface area contributed by atoms with Crippen molar-refractivity contribution < 1.29 is 4.79 Å². The lowest BCUT2D eigenvalue weighted by molar-refractivity contribution is 0.101. The molecule has 2 unspecified atom stereocenters. The van der Waals surface area contributed by atoms with Crippen molar-refractivity contribution in [1.29, 1.82) is 5.26 Å². The molecule has 5 rings (SSSR count). The lowest BCUT2D eigenvalue weighted by atomic mass is 10.1. The van der Waals surface area contributed by atoms with Gasteiger partial charge in [0, 0.05) is 30.4 Å². The van der Waals surface area contributed by atoms with Crippen molar-refractivity contribution in [1.82, 2.24) is 9.55 Å². The van der Waals surface area contributed by atoms with Crippen LogP contribution in [0.4, 0.5) is 10.8 Å². The molecule has 0 radical (unpaired) electrons. The molecule has 7 heteroatoms. The number of thiazole rings is 1. The van der Waals surface area contributed by atoms with Gasteiger partial charge in [0.15, 0.2) is 5.13 Å². The van der Waals surface area contributed by atoms with Gasteiger partial charge < -0.3 is 9.47 Å². The predicted octanol–water partition coefficient (Wildman–Crippen LogP) is 4.70. The number of anilines is 2. The number of para-hydroxylation sites is 1. The van der Waals surface area contributed by atoms with Gasteiger partial charge in [-0.1, -0.05) is 18.2 Å². The molecule has 2 fully saturated rings. The first-order valence-electron chi connectivity index (χ1n) is 10.4. The average molecular weight is 418 g/mol. The summed E-state index contributed by atoms with van der Waals surface area (Å²) in [5.41, 5.74) is 2.84. The van der Waals surface area contributed by atoms with E-state index in [9.17, 15) is 4.79 Å². The summed E-state index contributed by atoms with van der Waals surface area (Å²) in [6.07, 6.45) is 5.03. The second kappa shape index (κ2) is 7.96. The first-order chi connectivity index (χ1) is 14.7. The Morgan fingerprint density at radius 1 is 1.27 bits per heavy atom. The third-order valence-electron chi connectivity index (χ3n) is 6.01. The van der Waals surface area contributed by atoms with Crippen LogP contribution in [0.25, 0.3) is 0 Å². The summed E-state index contributed by atoms with van der Waals surface area (Å²) in [6.45, 7) is 1.73. The molecule has 1 amide bonds. The smallest absolute Gasteiger partial charge is 0.274 e. The molecule has 1 saturated carbocycles. The van der Waals surface area contributed by atoms with Crippen LogP contribution >= 0.6 is 11.3 Å². The van der Waals surface area contributed by atoms with Gasteiger partial charge in [0.25, 0.3) is 5.91 Å². The molecule has 6 nitrogen and oxygen atoms in total. The SMILES string of the molecule is N#CC1CC1Cn1cccc1C(=O)Nc1nc([C@H]2CCCN2c2ccccc2)cs1. The zero-order valence-corrected chi connectivity index (χ0v) is 17.4. The molecular formula is C23H23N5OS. The number of benzene rings is 1. The maximum Gasteiger partial charge on any atom is 0.274 e. The van der Waals surface area contributed by atoms with E-state index in [0.717, 1.165) is 31.5 Å². The van der Waals surface area contributed by atoms with E-state index >= 15 is 0 Å². The van der Waals surface area contributed by atoms with Gasteiger partial charge in [0.1, 0.15) is 5.69 Å². The lowest BCUT2D eigenvalue weighted by Gasteiger charge is -2.25. The van der Waals surface area contributed by atoms with Crippen LogP contribution in [0.15, 0.2) is 54.0 Å². The molecule has 2 aliphatic rings. The minimum Gasteiger partial charge on any atom is -0.363 e. The van der Waals surface area contributed by atoms with Crippen LogP contribution in [-0.4, -0.2) is 22.0 Å². The Balaban J connectivity index is 1.27. The quantitative estimate of drug-likeness (QED) is 0.631. The molecular weight excluding hydrogens is 394 g/mol. The molecule has 3 atom stereocenters. The molecule has 1 aromatic carbocycles. The van der Waals surface area contributed by atoms with Crippen LogP contribution in [0.2, 0.25) is 0 Å². The second-order valence-electron chi connectivity index (χ2n) is 8.00. The van der Waals surface area contributed by atoms with Crippen molar-refractivity contribution in [3.63, 3.8) is 0 Å². The van der Waals surface area contributed by atoms with Crippen LogP contribution in [0.1, 0.15) is 41.5 Å². The highest BCUT2D eigenvalue weighted by Gasteiger charge is 2.37. The first-order valence-corrected chi connectivity index (χ1v) is 11.2. The number of rotatable bonds is 6. The van der Waals surface area contributed by atoms with Gasteiger partial charge >= 0.3 is 0 Å². The molecule has 1 aliphatic carbocycles. The summed E-state index contributed by atoms with van der Waals surface area (Å²) in [6, 6.07) is 16.7. The highest BCUT2D eigenvalue weighted by Crippen LogP contribution is 2.39. The van der Waals surface area contributed by atoms with E-state index in [-0.39, 0.29) is 17.9 Å². The molecule has 30 heavy (non-hydrogen) atoms.